The monoisotopic (exact) mass is 329 g/mol. The molecule has 2 aliphatic rings. The van der Waals surface area contributed by atoms with Crippen LogP contribution >= 0.6 is 0 Å². The second-order valence-electron chi connectivity index (χ2n) is 5.70. The normalized spacial score (nSPS) is 18.7. The molecular formula is C15H18F3N3O2. The molecule has 1 aliphatic heterocycles. The van der Waals surface area contributed by atoms with E-state index >= 15 is 0 Å². The Hall–Kier alpha value is -1.96. The van der Waals surface area contributed by atoms with E-state index in [4.69, 9.17) is 4.74 Å². The van der Waals surface area contributed by atoms with Gasteiger partial charge in [-0.25, -0.2) is 4.79 Å². The summed E-state index contributed by atoms with van der Waals surface area (Å²) in [6, 6.07) is 3.46. The van der Waals surface area contributed by atoms with E-state index in [0.717, 1.165) is 18.9 Å². The van der Waals surface area contributed by atoms with Gasteiger partial charge in [0.15, 0.2) is 0 Å². The van der Waals surface area contributed by atoms with Gasteiger partial charge in [-0.2, -0.15) is 13.2 Å². The number of anilines is 2. The summed E-state index contributed by atoms with van der Waals surface area (Å²) in [6.07, 6.45) is -2.80. The van der Waals surface area contributed by atoms with Crippen LogP contribution < -0.4 is 15.5 Å². The highest BCUT2D eigenvalue weighted by molar-refractivity contribution is 5.91. The molecule has 0 spiro atoms. The zero-order chi connectivity index (χ0) is 16.4. The first kappa shape index (κ1) is 15.9. The lowest BCUT2D eigenvalue weighted by atomic mass is 10.1. The second kappa shape index (κ2) is 6.27. The van der Waals surface area contributed by atoms with E-state index in [1.165, 1.54) is 6.07 Å². The van der Waals surface area contributed by atoms with Gasteiger partial charge in [0.25, 0.3) is 0 Å². The number of benzene rings is 1. The van der Waals surface area contributed by atoms with Crippen molar-refractivity contribution in [3.8, 4) is 0 Å². The number of morpholine rings is 1. The standard InChI is InChI=1S/C15H18F3N3O2/c16-15(17,18)12-9-11(21-5-7-23-8-6-21)3-4-13(12)20-14(22)19-10-1-2-10/h3-4,9-10H,1-2,5-8H2,(H2,19,20,22). The van der Waals surface area contributed by atoms with Gasteiger partial charge in [-0.05, 0) is 31.0 Å². The van der Waals surface area contributed by atoms with Crippen LogP contribution in [0.2, 0.25) is 0 Å². The maximum atomic E-state index is 13.3. The highest BCUT2D eigenvalue weighted by Crippen LogP contribution is 2.37. The van der Waals surface area contributed by atoms with Crippen LogP contribution in [0, 0.1) is 0 Å². The van der Waals surface area contributed by atoms with Gasteiger partial charge in [0.2, 0.25) is 0 Å². The molecule has 1 aliphatic carbocycles. The Labute approximate surface area is 131 Å². The Kier molecular flexibility index (Phi) is 4.34. The zero-order valence-electron chi connectivity index (χ0n) is 12.4. The smallest absolute Gasteiger partial charge is 0.378 e. The number of nitrogens with zero attached hydrogens (tertiary/aromatic N) is 1. The van der Waals surface area contributed by atoms with Crippen molar-refractivity contribution in [1.29, 1.82) is 0 Å². The van der Waals surface area contributed by atoms with Crippen LogP contribution in [0.25, 0.3) is 0 Å². The van der Waals surface area contributed by atoms with Crippen LogP contribution in [0.1, 0.15) is 18.4 Å². The van der Waals surface area contributed by atoms with Crippen molar-refractivity contribution in [3.05, 3.63) is 23.8 Å². The van der Waals surface area contributed by atoms with E-state index in [2.05, 4.69) is 10.6 Å². The molecule has 1 heterocycles. The van der Waals surface area contributed by atoms with Crippen molar-refractivity contribution in [2.24, 2.45) is 0 Å². The number of alkyl halides is 3. The molecule has 23 heavy (non-hydrogen) atoms. The van der Waals surface area contributed by atoms with E-state index < -0.39 is 17.8 Å². The minimum atomic E-state index is -4.54. The Morgan fingerprint density at radius 2 is 1.91 bits per heavy atom. The molecule has 2 amide bonds. The quantitative estimate of drug-likeness (QED) is 0.897. The van der Waals surface area contributed by atoms with Crippen LogP contribution in [0.3, 0.4) is 0 Å². The van der Waals surface area contributed by atoms with Crippen LogP contribution in [0.4, 0.5) is 29.3 Å². The Morgan fingerprint density at radius 1 is 1.22 bits per heavy atom. The molecule has 0 aromatic heterocycles. The van der Waals surface area contributed by atoms with Crippen molar-refractivity contribution in [2.45, 2.75) is 25.1 Å². The minimum Gasteiger partial charge on any atom is -0.378 e. The molecule has 1 saturated carbocycles. The topological polar surface area (TPSA) is 53.6 Å². The van der Waals surface area contributed by atoms with Gasteiger partial charge < -0.3 is 20.3 Å². The molecule has 1 aromatic carbocycles. The molecule has 0 atom stereocenters. The van der Waals surface area contributed by atoms with Gasteiger partial charge in [-0.1, -0.05) is 0 Å². The third-order valence-electron chi connectivity index (χ3n) is 3.85. The predicted octanol–water partition coefficient (Wildman–Crippen LogP) is 2.83. The third-order valence-corrected chi connectivity index (χ3v) is 3.85. The van der Waals surface area contributed by atoms with Crippen LogP contribution in [0.15, 0.2) is 18.2 Å². The van der Waals surface area contributed by atoms with Crippen molar-refractivity contribution >= 4 is 17.4 Å². The predicted molar refractivity (Wildman–Crippen MR) is 79.7 cm³/mol. The lowest BCUT2D eigenvalue weighted by Crippen LogP contribution is -2.36. The number of carbonyl (C=O) groups excluding carboxylic acids is 1. The minimum absolute atomic E-state index is 0.0805. The van der Waals surface area contributed by atoms with E-state index in [9.17, 15) is 18.0 Å². The van der Waals surface area contributed by atoms with E-state index in [1.807, 2.05) is 4.90 Å². The molecule has 5 nitrogen and oxygen atoms in total. The van der Waals surface area contributed by atoms with Gasteiger partial charge >= 0.3 is 12.2 Å². The Morgan fingerprint density at radius 3 is 2.52 bits per heavy atom. The molecule has 0 unspecified atom stereocenters. The molecule has 2 fully saturated rings. The fourth-order valence-corrected chi connectivity index (χ4v) is 2.47. The van der Waals surface area contributed by atoms with Gasteiger partial charge in [0, 0.05) is 24.8 Å². The number of rotatable bonds is 3. The number of hydrogen-bond acceptors (Lipinski definition) is 3. The van der Waals surface area contributed by atoms with Crippen molar-refractivity contribution in [3.63, 3.8) is 0 Å². The number of halogens is 3. The van der Waals surface area contributed by atoms with Gasteiger partial charge in [0.1, 0.15) is 0 Å². The van der Waals surface area contributed by atoms with Crippen molar-refractivity contribution in [2.75, 3.05) is 36.5 Å². The van der Waals surface area contributed by atoms with Crippen molar-refractivity contribution in [1.82, 2.24) is 5.32 Å². The van der Waals surface area contributed by atoms with Crippen molar-refractivity contribution < 1.29 is 22.7 Å². The van der Waals surface area contributed by atoms with Gasteiger partial charge in [-0.15, -0.1) is 0 Å². The highest BCUT2D eigenvalue weighted by atomic mass is 19.4. The van der Waals surface area contributed by atoms with Gasteiger partial charge in [0.05, 0.1) is 24.5 Å². The average molecular weight is 329 g/mol. The SMILES string of the molecule is O=C(Nc1ccc(N2CCOCC2)cc1C(F)(F)F)NC1CC1. The first-order chi connectivity index (χ1) is 10.9. The van der Waals surface area contributed by atoms with E-state index in [1.54, 1.807) is 6.07 Å². The van der Waals surface area contributed by atoms with Gasteiger partial charge in [-0.3, -0.25) is 0 Å². The third kappa shape index (κ3) is 4.07. The summed E-state index contributed by atoms with van der Waals surface area (Å²) < 4.78 is 45.1. The summed E-state index contributed by atoms with van der Waals surface area (Å²) >= 11 is 0. The molecule has 2 N–H and O–H groups in total. The first-order valence-electron chi connectivity index (χ1n) is 7.55. The Balaban J connectivity index is 1.81. The lowest BCUT2D eigenvalue weighted by Gasteiger charge is -2.29. The first-order valence-corrected chi connectivity index (χ1v) is 7.55. The number of ether oxygens (including phenoxy) is 1. The highest BCUT2D eigenvalue weighted by Gasteiger charge is 2.35. The zero-order valence-corrected chi connectivity index (χ0v) is 12.4. The maximum absolute atomic E-state index is 13.3. The molecule has 0 bridgehead atoms. The summed E-state index contributed by atoms with van der Waals surface area (Å²) in [5.41, 5.74) is -0.589. The number of urea groups is 1. The average Bonchev–Trinajstić information content (AvgIpc) is 3.31. The summed E-state index contributed by atoms with van der Waals surface area (Å²) in [7, 11) is 0. The van der Waals surface area contributed by atoms with Crippen LogP contribution in [-0.4, -0.2) is 38.4 Å². The number of carbonyl (C=O) groups is 1. The molecule has 126 valence electrons. The Bertz CT molecular complexity index is 582. The fraction of sp³-hybridized carbons (Fsp3) is 0.533. The number of amides is 2. The lowest BCUT2D eigenvalue weighted by molar-refractivity contribution is -0.136. The molecule has 3 rings (SSSR count). The number of hydrogen-bond donors (Lipinski definition) is 2. The largest absolute Gasteiger partial charge is 0.418 e. The van der Waals surface area contributed by atoms with E-state index in [0.29, 0.717) is 32.0 Å². The fourth-order valence-electron chi connectivity index (χ4n) is 2.47. The molecule has 8 heteroatoms. The van der Waals surface area contributed by atoms with E-state index in [-0.39, 0.29) is 11.7 Å². The molecule has 1 saturated heterocycles. The molecule has 0 radical (unpaired) electrons. The van der Waals surface area contributed by atoms with Crippen LogP contribution in [0.5, 0.6) is 0 Å². The summed E-state index contributed by atoms with van der Waals surface area (Å²) in [5, 5.41) is 4.92. The maximum Gasteiger partial charge on any atom is 0.418 e. The summed E-state index contributed by atoms with van der Waals surface area (Å²) in [6.45, 7) is 2.08. The molecular weight excluding hydrogens is 311 g/mol. The second-order valence-corrected chi connectivity index (χ2v) is 5.70. The number of nitrogens with one attached hydrogen (secondary N) is 2. The summed E-state index contributed by atoms with van der Waals surface area (Å²) in [4.78, 5) is 13.6. The van der Waals surface area contributed by atoms with Crippen LogP contribution in [-0.2, 0) is 10.9 Å². The molecule has 1 aromatic rings. The summed E-state index contributed by atoms with van der Waals surface area (Å²) in [5.74, 6) is 0.